The number of aromatic hydroxyl groups is 1. The lowest BCUT2D eigenvalue weighted by Gasteiger charge is -2.04. The summed E-state index contributed by atoms with van der Waals surface area (Å²) in [4.78, 5) is 12.4. The van der Waals surface area contributed by atoms with Gasteiger partial charge in [-0.05, 0) is 45.8 Å². The van der Waals surface area contributed by atoms with E-state index in [0.717, 1.165) is 9.35 Å². The van der Waals surface area contributed by atoms with E-state index in [4.69, 9.17) is 0 Å². The van der Waals surface area contributed by atoms with Crippen LogP contribution in [-0.4, -0.2) is 11.0 Å². The molecule has 1 heterocycles. The first kappa shape index (κ1) is 12.1. The monoisotopic (exact) mass is 311 g/mol. The lowest BCUT2D eigenvalue weighted by Crippen LogP contribution is -2.21. The zero-order chi connectivity index (χ0) is 12.3. The third-order valence-electron chi connectivity index (χ3n) is 2.16. The van der Waals surface area contributed by atoms with Crippen molar-refractivity contribution in [3.63, 3.8) is 0 Å². The molecule has 0 unspecified atom stereocenters. The number of phenolic OH excluding ortho intramolecular Hbond substituents is 1. The summed E-state index contributed by atoms with van der Waals surface area (Å²) in [6.07, 6.45) is 0. The van der Waals surface area contributed by atoms with Crippen LogP contribution < -0.4 is 5.32 Å². The minimum atomic E-state index is -0.107. The maximum absolute atomic E-state index is 11.7. The van der Waals surface area contributed by atoms with Crippen molar-refractivity contribution < 1.29 is 9.90 Å². The number of amides is 1. The van der Waals surface area contributed by atoms with Crippen LogP contribution in [0.5, 0.6) is 5.75 Å². The highest BCUT2D eigenvalue weighted by Crippen LogP contribution is 2.22. The molecule has 0 atom stereocenters. The molecule has 1 aromatic heterocycles. The SMILES string of the molecule is O=C(NCc1cccc(O)c1)c1ccc(Br)s1. The van der Waals surface area contributed by atoms with Gasteiger partial charge in [0.05, 0.1) is 8.66 Å². The molecule has 0 spiro atoms. The average molecular weight is 312 g/mol. The Kier molecular flexibility index (Phi) is 3.81. The van der Waals surface area contributed by atoms with Gasteiger partial charge in [-0.25, -0.2) is 0 Å². The van der Waals surface area contributed by atoms with Crippen molar-refractivity contribution in [1.29, 1.82) is 0 Å². The summed E-state index contributed by atoms with van der Waals surface area (Å²) in [5.41, 5.74) is 0.869. The molecule has 1 aromatic carbocycles. The summed E-state index contributed by atoms with van der Waals surface area (Å²) in [5, 5.41) is 12.1. The van der Waals surface area contributed by atoms with Crippen molar-refractivity contribution in [3.8, 4) is 5.75 Å². The second-order valence-electron chi connectivity index (χ2n) is 3.46. The molecule has 0 bridgehead atoms. The molecule has 0 saturated heterocycles. The van der Waals surface area contributed by atoms with Gasteiger partial charge in [-0.15, -0.1) is 11.3 Å². The standard InChI is InChI=1S/C12H10BrNO2S/c13-11-5-4-10(17-11)12(16)14-7-8-2-1-3-9(15)6-8/h1-6,15H,7H2,(H,14,16). The number of nitrogens with one attached hydrogen (secondary N) is 1. The maximum atomic E-state index is 11.7. The van der Waals surface area contributed by atoms with Crippen LogP contribution in [0.4, 0.5) is 0 Å². The third kappa shape index (κ3) is 3.31. The largest absolute Gasteiger partial charge is 0.508 e. The van der Waals surface area contributed by atoms with E-state index in [1.54, 1.807) is 24.3 Å². The highest BCUT2D eigenvalue weighted by molar-refractivity contribution is 9.11. The van der Waals surface area contributed by atoms with Crippen LogP contribution >= 0.6 is 27.3 Å². The molecule has 0 saturated carbocycles. The maximum Gasteiger partial charge on any atom is 0.261 e. The van der Waals surface area contributed by atoms with Crippen LogP contribution in [0.3, 0.4) is 0 Å². The molecule has 0 radical (unpaired) electrons. The lowest BCUT2D eigenvalue weighted by molar-refractivity contribution is 0.0955. The number of benzene rings is 1. The molecule has 2 N–H and O–H groups in total. The van der Waals surface area contributed by atoms with Crippen LogP contribution in [0.15, 0.2) is 40.2 Å². The van der Waals surface area contributed by atoms with Gasteiger partial charge in [0, 0.05) is 6.54 Å². The molecular weight excluding hydrogens is 302 g/mol. The second kappa shape index (κ2) is 5.33. The molecule has 0 aliphatic carbocycles. The molecule has 2 aromatic rings. The summed E-state index contributed by atoms with van der Waals surface area (Å²) >= 11 is 4.70. The summed E-state index contributed by atoms with van der Waals surface area (Å²) in [5.74, 6) is 0.0969. The van der Waals surface area contributed by atoms with Crippen molar-refractivity contribution in [1.82, 2.24) is 5.32 Å². The Morgan fingerprint density at radius 2 is 2.18 bits per heavy atom. The number of hydrogen-bond acceptors (Lipinski definition) is 3. The van der Waals surface area contributed by atoms with Crippen molar-refractivity contribution in [2.24, 2.45) is 0 Å². The number of carbonyl (C=O) groups excluding carboxylic acids is 1. The van der Waals surface area contributed by atoms with E-state index in [9.17, 15) is 9.90 Å². The number of hydrogen-bond donors (Lipinski definition) is 2. The summed E-state index contributed by atoms with van der Waals surface area (Å²) in [7, 11) is 0. The normalized spacial score (nSPS) is 10.2. The van der Waals surface area contributed by atoms with Crippen LogP contribution in [0.25, 0.3) is 0 Å². The fourth-order valence-corrected chi connectivity index (χ4v) is 2.67. The minimum absolute atomic E-state index is 0.107. The predicted molar refractivity (Wildman–Crippen MR) is 71.3 cm³/mol. The van der Waals surface area contributed by atoms with Gasteiger partial charge < -0.3 is 10.4 Å². The molecule has 17 heavy (non-hydrogen) atoms. The van der Waals surface area contributed by atoms with Gasteiger partial charge >= 0.3 is 0 Å². The van der Waals surface area contributed by atoms with Gasteiger partial charge in [-0.1, -0.05) is 12.1 Å². The number of phenols is 1. The fraction of sp³-hybridized carbons (Fsp3) is 0.0833. The van der Waals surface area contributed by atoms with E-state index in [0.29, 0.717) is 11.4 Å². The van der Waals surface area contributed by atoms with Gasteiger partial charge in [0.1, 0.15) is 5.75 Å². The Hall–Kier alpha value is -1.33. The van der Waals surface area contributed by atoms with Crippen molar-refractivity contribution in [3.05, 3.63) is 50.6 Å². The van der Waals surface area contributed by atoms with Crippen molar-refractivity contribution >= 4 is 33.2 Å². The van der Waals surface area contributed by atoms with E-state index in [1.807, 2.05) is 12.1 Å². The smallest absolute Gasteiger partial charge is 0.261 e. The molecule has 2 rings (SSSR count). The molecule has 0 aliphatic heterocycles. The first-order valence-electron chi connectivity index (χ1n) is 4.96. The topological polar surface area (TPSA) is 49.3 Å². The molecule has 5 heteroatoms. The average Bonchev–Trinajstić information content (AvgIpc) is 2.73. The zero-order valence-electron chi connectivity index (χ0n) is 8.81. The number of halogens is 1. The van der Waals surface area contributed by atoms with E-state index < -0.39 is 0 Å². The lowest BCUT2D eigenvalue weighted by atomic mass is 10.2. The third-order valence-corrected chi connectivity index (χ3v) is 3.78. The van der Waals surface area contributed by atoms with Gasteiger partial charge in [0.2, 0.25) is 0 Å². The molecule has 88 valence electrons. The van der Waals surface area contributed by atoms with Gasteiger partial charge in [-0.3, -0.25) is 4.79 Å². The second-order valence-corrected chi connectivity index (χ2v) is 5.92. The predicted octanol–water partition coefficient (Wildman–Crippen LogP) is 3.15. The van der Waals surface area contributed by atoms with E-state index in [1.165, 1.54) is 11.3 Å². The Labute approximate surface area is 111 Å². The van der Waals surface area contributed by atoms with Crippen LogP contribution in [-0.2, 0) is 6.54 Å². The number of thiophene rings is 1. The molecule has 3 nitrogen and oxygen atoms in total. The molecule has 1 amide bonds. The first-order valence-corrected chi connectivity index (χ1v) is 6.57. The Morgan fingerprint density at radius 1 is 1.35 bits per heavy atom. The van der Waals surface area contributed by atoms with E-state index >= 15 is 0 Å². The Morgan fingerprint density at radius 3 is 2.82 bits per heavy atom. The van der Waals surface area contributed by atoms with Crippen LogP contribution in [0, 0.1) is 0 Å². The van der Waals surface area contributed by atoms with E-state index in [-0.39, 0.29) is 11.7 Å². The van der Waals surface area contributed by atoms with Crippen molar-refractivity contribution in [2.75, 3.05) is 0 Å². The Balaban J connectivity index is 1.97. The molecular formula is C12H10BrNO2S. The van der Waals surface area contributed by atoms with Gasteiger partial charge in [0.25, 0.3) is 5.91 Å². The fourth-order valence-electron chi connectivity index (χ4n) is 1.37. The van der Waals surface area contributed by atoms with Gasteiger partial charge in [0.15, 0.2) is 0 Å². The Bertz CT molecular complexity index is 539. The molecule has 0 fully saturated rings. The van der Waals surface area contributed by atoms with Gasteiger partial charge in [-0.2, -0.15) is 0 Å². The molecule has 0 aliphatic rings. The zero-order valence-corrected chi connectivity index (χ0v) is 11.2. The highest BCUT2D eigenvalue weighted by atomic mass is 79.9. The van der Waals surface area contributed by atoms with Crippen LogP contribution in [0.2, 0.25) is 0 Å². The summed E-state index contributed by atoms with van der Waals surface area (Å²) in [6.45, 7) is 0.406. The first-order chi connectivity index (χ1) is 8.15. The number of rotatable bonds is 3. The van der Waals surface area contributed by atoms with E-state index in [2.05, 4.69) is 21.2 Å². The minimum Gasteiger partial charge on any atom is -0.508 e. The number of carbonyl (C=O) groups is 1. The summed E-state index contributed by atoms with van der Waals surface area (Å²) < 4.78 is 0.931. The summed E-state index contributed by atoms with van der Waals surface area (Å²) in [6, 6.07) is 10.4. The van der Waals surface area contributed by atoms with Crippen molar-refractivity contribution in [2.45, 2.75) is 6.54 Å². The highest BCUT2D eigenvalue weighted by Gasteiger charge is 2.07. The quantitative estimate of drug-likeness (QED) is 0.915. The van der Waals surface area contributed by atoms with Crippen LogP contribution in [0.1, 0.15) is 15.2 Å².